The summed E-state index contributed by atoms with van der Waals surface area (Å²) in [5, 5.41) is 2.91. The Morgan fingerprint density at radius 2 is 1.88 bits per heavy atom. The number of methoxy groups -OCH3 is 1. The van der Waals surface area contributed by atoms with Gasteiger partial charge in [0.25, 0.3) is 0 Å². The number of para-hydroxylation sites is 1. The first kappa shape index (κ1) is 22.7. The number of rotatable bonds is 7. The van der Waals surface area contributed by atoms with Crippen molar-refractivity contribution in [2.45, 2.75) is 12.5 Å². The topological polar surface area (TPSA) is 90.9 Å². The summed E-state index contributed by atoms with van der Waals surface area (Å²) >= 11 is 0. The largest absolute Gasteiger partial charge is 0.496 e. The van der Waals surface area contributed by atoms with Crippen LogP contribution in [-0.2, 0) is 9.59 Å². The van der Waals surface area contributed by atoms with Crippen LogP contribution in [0.5, 0.6) is 5.75 Å². The van der Waals surface area contributed by atoms with Gasteiger partial charge in [-0.3, -0.25) is 14.5 Å². The third-order valence-corrected chi connectivity index (χ3v) is 6.05. The number of ether oxygens (including phenoxy) is 1. The molecule has 1 aromatic heterocycles. The van der Waals surface area contributed by atoms with Crippen molar-refractivity contribution >= 4 is 23.8 Å². The maximum absolute atomic E-state index is 13.0. The molecular formula is C24H30N6O3. The number of anilines is 1. The highest BCUT2D eigenvalue weighted by atomic mass is 16.5. The number of carbonyl (C=O) groups is 2. The first-order valence-corrected chi connectivity index (χ1v) is 11.3. The van der Waals surface area contributed by atoms with E-state index in [1.807, 2.05) is 41.3 Å². The van der Waals surface area contributed by atoms with Gasteiger partial charge >= 0.3 is 0 Å². The Bertz CT molecular complexity index is 975. The van der Waals surface area contributed by atoms with Gasteiger partial charge in [0.2, 0.25) is 17.8 Å². The van der Waals surface area contributed by atoms with Gasteiger partial charge in [0.05, 0.1) is 19.6 Å². The molecule has 174 valence electrons. The Kier molecular flexibility index (Phi) is 7.51. The molecule has 1 unspecified atom stereocenters. The average Bonchev–Trinajstić information content (AvgIpc) is 2.87. The van der Waals surface area contributed by atoms with Gasteiger partial charge in [0.15, 0.2) is 0 Å². The predicted octanol–water partition coefficient (Wildman–Crippen LogP) is 1.04. The van der Waals surface area contributed by atoms with Gasteiger partial charge in [-0.15, -0.1) is 0 Å². The standard InChI is InChI=1S/C24H30N6O3/c1-33-21-8-3-2-6-19(21)7-4-12-28-13-11-25-23(32)20(28)18-22(31)29-14-16-30(17-15-29)24-26-9-5-10-27-24/h2-10,20H,11-18H2,1H3,(H,25,32)/b7-4+. The lowest BCUT2D eigenvalue weighted by Crippen LogP contribution is -2.57. The number of aromatic nitrogens is 2. The summed E-state index contributed by atoms with van der Waals surface area (Å²) < 4.78 is 5.39. The summed E-state index contributed by atoms with van der Waals surface area (Å²) in [6.07, 6.45) is 7.63. The molecule has 2 saturated heterocycles. The van der Waals surface area contributed by atoms with E-state index in [2.05, 4.69) is 25.1 Å². The Balaban J connectivity index is 1.33. The van der Waals surface area contributed by atoms with Crippen LogP contribution in [0.3, 0.4) is 0 Å². The van der Waals surface area contributed by atoms with Crippen molar-refractivity contribution in [2.24, 2.45) is 0 Å². The maximum Gasteiger partial charge on any atom is 0.237 e. The summed E-state index contributed by atoms with van der Waals surface area (Å²) in [5.74, 6) is 1.40. The second kappa shape index (κ2) is 10.9. The Hall–Kier alpha value is -3.46. The zero-order chi connectivity index (χ0) is 23.0. The Morgan fingerprint density at radius 3 is 2.64 bits per heavy atom. The van der Waals surface area contributed by atoms with Gasteiger partial charge in [-0.25, -0.2) is 9.97 Å². The molecular weight excluding hydrogens is 420 g/mol. The van der Waals surface area contributed by atoms with Gasteiger partial charge in [0.1, 0.15) is 5.75 Å². The lowest BCUT2D eigenvalue weighted by Gasteiger charge is -2.37. The zero-order valence-electron chi connectivity index (χ0n) is 18.9. The number of nitrogens with zero attached hydrogens (tertiary/aromatic N) is 5. The first-order chi connectivity index (χ1) is 16.2. The number of hydrogen-bond donors (Lipinski definition) is 1. The van der Waals surface area contributed by atoms with Crippen molar-refractivity contribution in [1.82, 2.24) is 25.1 Å². The summed E-state index contributed by atoms with van der Waals surface area (Å²) in [6, 6.07) is 9.11. The number of amides is 2. The van der Waals surface area contributed by atoms with E-state index >= 15 is 0 Å². The molecule has 2 fully saturated rings. The van der Waals surface area contributed by atoms with Crippen LogP contribution in [0.4, 0.5) is 5.95 Å². The molecule has 1 aromatic carbocycles. The molecule has 1 N–H and O–H groups in total. The molecule has 2 aliphatic rings. The van der Waals surface area contributed by atoms with E-state index in [1.165, 1.54) is 0 Å². The van der Waals surface area contributed by atoms with Gasteiger partial charge < -0.3 is 19.9 Å². The third-order valence-electron chi connectivity index (χ3n) is 6.05. The van der Waals surface area contributed by atoms with E-state index in [1.54, 1.807) is 25.6 Å². The molecule has 4 rings (SSSR count). The van der Waals surface area contributed by atoms with Crippen molar-refractivity contribution in [3.05, 3.63) is 54.4 Å². The van der Waals surface area contributed by atoms with E-state index in [4.69, 9.17) is 4.74 Å². The van der Waals surface area contributed by atoms with E-state index < -0.39 is 6.04 Å². The van der Waals surface area contributed by atoms with Crippen molar-refractivity contribution in [1.29, 1.82) is 0 Å². The molecule has 0 radical (unpaired) electrons. The van der Waals surface area contributed by atoms with Gasteiger partial charge in [-0.05, 0) is 12.1 Å². The molecule has 2 aromatic rings. The predicted molar refractivity (Wildman–Crippen MR) is 126 cm³/mol. The van der Waals surface area contributed by atoms with E-state index in [0.717, 1.165) is 11.3 Å². The van der Waals surface area contributed by atoms with Crippen LogP contribution in [0.25, 0.3) is 6.08 Å². The van der Waals surface area contributed by atoms with E-state index in [-0.39, 0.29) is 18.2 Å². The lowest BCUT2D eigenvalue weighted by atomic mass is 10.1. The quantitative estimate of drug-likeness (QED) is 0.674. The molecule has 9 heteroatoms. The second-order valence-corrected chi connectivity index (χ2v) is 8.07. The van der Waals surface area contributed by atoms with Gasteiger partial charge in [-0.1, -0.05) is 30.4 Å². The van der Waals surface area contributed by atoms with Crippen LogP contribution in [0, 0.1) is 0 Å². The fourth-order valence-electron chi connectivity index (χ4n) is 4.23. The first-order valence-electron chi connectivity index (χ1n) is 11.3. The fourth-order valence-corrected chi connectivity index (χ4v) is 4.23. The average molecular weight is 451 g/mol. The number of piperazine rings is 2. The minimum absolute atomic E-state index is 0.00406. The van der Waals surface area contributed by atoms with Crippen molar-refractivity contribution in [3.63, 3.8) is 0 Å². The highest BCUT2D eigenvalue weighted by molar-refractivity contribution is 5.89. The van der Waals surface area contributed by atoms with Crippen LogP contribution in [0.1, 0.15) is 12.0 Å². The van der Waals surface area contributed by atoms with Crippen molar-refractivity contribution < 1.29 is 14.3 Å². The fraction of sp³-hybridized carbons (Fsp3) is 0.417. The normalized spacial score (nSPS) is 19.5. The molecule has 0 spiro atoms. The van der Waals surface area contributed by atoms with Crippen LogP contribution in [0.2, 0.25) is 0 Å². The lowest BCUT2D eigenvalue weighted by molar-refractivity contribution is -0.138. The SMILES string of the molecule is COc1ccccc1/C=C/CN1CCNC(=O)C1CC(=O)N1CCN(c2ncccn2)CC1. The second-order valence-electron chi connectivity index (χ2n) is 8.07. The molecule has 0 aliphatic carbocycles. The smallest absolute Gasteiger partial charge is 0.237 e. The van der Waals surface area contributed by atoms with Crippen molar-refractivity contribution in [3.8, 4) is 5.75 Å². The zero-order valence-corrected chi connectivity index (χ0v) is 18.9. The maximum atomic E-state index is 13.0. The molecule has 0 bridgehead atoms. The third kappa shape index (κ3) is 5.67. The van der Waals surface area contributed by atoms with Crippen LogP contribution in [-0.4, -0.2) is 90.5 Å². The summed E-state index contributed by atoms with van der Waals surface area (Å²) in [6.45, 7) is 4.43. The Labute approximate surface area is 194 Å². The monoisotopic (exact) mass is 450 g/mol. The number of carbonyl (C=O) groups excluding carboxylic acids is 2. The number of hydrogen-bond acceptors (Lipinski definition) is 7. The molecule has 2 aliphatic heterocycles. The van der Waals surface area contributed by atoms with E-state index in [0.29, 0.717) is 51.8 Å². The van der Waals surface area contributed by atoms with Gasteiger partial charge in [0, 0.05) is 63.8 Å². The summed E-state index contributed by atoms with van der Waals surface area (Å²) in [4.78, 5) is 40.2. The molecule has 33 heavy (non-hydrogen) atoms. The van der Waals surface area contributed by atoms with Crippen LogP contribution < -0.4 is 15.0 Å². The van der Waals surface area contributed by atoms with Gasteiger partial charge in [-0.2, -0.15) is 0 Å². The molecule has 3 heterocycles. The van der Waals surface area contributed by atoms with Crippen LogP contribution >= 0.6 is 0 Å². The van der Waals surface area contributed by atoms with E-state index in [9.17, 15) is 9.59 Å². The highest BCUT2D eigenvalue weighted by Crippen LogP contribution is 2.19. The highest BCUT2D eigenvalue weighted by Gasteiger charge is 2.33. The molecule has 2 amide bonds. The minimum atomic E-state index is -0.468. The number of benzene rings is 1. The molecule has 9 nitrogen and oxygen atoms in total. The minimum Gasteiger partial charge on any atom is -0.496 e. The summed E-state index contributed by atoms with van der Waals surface area (Å²) in [5.41, 5.74) is 0.981. The summed E-state index contributed by atoms with van der Waals surface area (Å²) in [7, 11) is 1.65. The number of nitrogens with one attached hydrogen (secondary N) is 1. The van der Waals surface area contributed by atoms with Crippen molar-refractivity contribution in [2.75, 3.05) is 57.8 Å². The molecule has 0 saturated carbocycles. The Morgan fingerprint density at radius 1 is 1.12 bits per heavy atom. The molecule has 1 atom stereocenters. The van der Waals surface area contributed by atoms with Crippen LogP contribution in [0.15, 0.2) is 48.8 Å².